The summed E-state index contributed by atoms with van der Waals surface area (Å²) in [5, 5.41) is 0. The third-order valence-electron chi connectivity index (χ3n) is 7.59. The Hall–Kier alpha value is 1.27. The molecule has 3 fully saturated rings. The molecule has 11 heteroatoms. The molecule has 7 nitrogen and oxygen atoms in total. The Morgan fingerprint density at radius 3 is 1.23 bits per heavy atom. The first-order valence-corrected chi connectivity index (χ1v) is 17.0. The minimum absolute atomic E-state index is 0. The summed E-state index contributed by atoms with van der Waals surface area (Å²) < 4.78 is 29.7. The van der Waals surface area contributed by atoms with E-state index >= 15 is 0 Å². The first-order valence-electron chi connectivity index (χ1n) is 10.7. The van der Waals surface area contributed by atoms with Gasteiger partial charge in [-0.1, -0.05) is 27.7 Å². The maximum atomic E-state index is 11.0. The average molecular weight is 680 g/mol. The van der Waals surface area contributed by atoms with Crippen LogP contribution in [0.4, 0.5) is 0 Å². The standard InChI is InChI=1S/C16H32O7Si2.C3H9P.CH3.Pt/c1-9-13(5)15(7)11(3)12(4)16(8)14(6,10-2)20-25(18,22-16)23-24(17,19-13)21-15;1-4(2)3;;/h11-12,17-18H,9-10H2,1-8H3;1-3H3;1H3;/q;;-1;/p+1. The Kier molecular flexibility index (Phi) is 10.5. The molecule has 2 N–H and O–H groups in total. The van der Waals surface area contributed by atoms with Crippen LogP contribution in [0, 0.1) is 19.3 Å². The van der Waals surface area contributed by atoms with Crippen LogP contribution in [0.25, 0.3) is 0 Å². The maximum Gasteiger partial charge on any atom is 0.672 e. The normalized spacial score (nSPS) is 50.9. The van der Waals surface area contributed by atoms with Gasteiger partial charge in [0.15, 0.2) is 0 Å². The SMILES string of the molecule is CCC1(C)O[Si]2(O)OC1(C)C(C)C(C)C1(C)O[Si](O)(OC1(C)CC)O2.C[PH+](C)C.[CH3-].[Pt]. The second kappa shape index (κ2) is 10.1. The van der Waals surface area contributed by atoms with E-state index < -0.39 is 40.5 Å². The Bertz CT molecular complexity index is 586. The largest absolute Gasteiger partial charge is 0.672 e. The molecule has 0 amide bonds. The Balaban J connectivity index is 0.00000138. The molecule has 0 aromatic rings. The third-order valence-corrected chi connectivity index (χ3v) is 12.4. The van der Waals surface area contributed by atoms with Crippen LogP contribution in [0.1, 0.15) is 68.2 Å². The molecule has 3 saturated heterocycles. The van der Waals surface area contributed by atoms with E-state index in [4.69, 9.17) is 21.8 Å². The van der Waals surface area contributed by atoms with Crippen molar-refractivity contribution in [2.24, 2.45) is 11.8 Å². The molecule has 3 heterocycles. The van der Waals surface area contributed by atoms with Gasteiger partial charge in [0.1, 0.15) is 0 Å². The van der Waals surface area contributed by atoms with Crippen LogP contribution >= 0.6 is 7.92 Å². The summed E-state index contributed by atoms with van der Waals surface area (Å²) in [7, 11) is -8.13. The summed E-state index contributed by atoms with van der Waals surface area (Å²) >= 11 is 0. The molecular weight excluding hydrogens is 634 g/mol. The molecule has 0 aliphatic carbocycles. The fraction of sp³-hybridized carbons (Fsp3) is 0.950. The summed E-state index contributed by atoms with van der Waals surface area (Å²) in [5.74, 6) is -0.0898. The van der Waals surface area contributed by atoms with E-state index in [1.54, 1.807) is 0 Å². The van der Waals surface area contributed by atoms with Gasteiger partial charge in [-0.2, -0.15) is 0 Å². The predicted molar refractivity (Wildman–Crippen MR) is 126 cm³/mol. The van der Waals surface area contributed by atoms with Gasteiger partial charge in [0.2, 0.25) is 0 Å². The minimum atomic E-state index is -4.13. The van der Waals surface area contributed by atoms with Crippen molar-refractivity contribution in [3.8, 4) is 0 Å². The van der Waals surface area contributed by atoms with Gasteiger partial charge in [-0.25, -0.2) is 0 Å². The summed E-state index contributed by atoms with van der Waals surface area (Å²) in [4.78, 5) is 22.0. The summed E-state index contributed by atoms with van der Waals surface area (Å²) in [5.41, 5.74) is -3.03. The van der Waals surface area contributed by atoms with Crippen LogP contribution in [0.5, 0.6) is 0 Å². The molecule has 3 aliphatic heterocycles. The molecule has 0 aromatic carbocycles. The first kappa shape index (κ1) is 32.3. The van der Waals surface area contributed by atoms with E-state index in [2.05, 4.69) is 33.8 Å². The molecule has 0 saturated carbocycles. The molecule has 0 aromatic heterocycles. The molecule has 8 unspecified atom stereocenters. The zero-order chi connectivity index (χ0) is 22.7. The van der Waals surface area contributed by atoms with E-state index in [0.717, 1.165) is 0 Å². The fourth-order valence-electron chi connectivity index (χ4n) is 4.76. The average Bonchev–Trinajstić information content (AvgIpc) is 2.90. The maximum absolute atomic E-state index is 11.0. The molecule has 3 rings (SSSR count). The van der Waals surface area contributed by atoms with Gasteiger partial charge in [0, 0.05) is 41.1 Å². The molecule has 190 valence electrons. The van der Waals surface area contributed by atoms with E-state index in [0.29, 0.717) is 12.8 Å². The number of fused-ring (bicyclic) bond motifs is 4. The number of hydrogen-bond donors (Lipinski definition) is 2. The van der Waals surface area contributed by atoms with Crippen molar-refractivity contribution in [1.29, 1.82) is 0 Å². The number of hydrogen-bond acceptors (Lipinski definition) is 7. The second-order valence-corrected chi connectivity index (χ2v) is 16.7. The summed E-state index contributed by atoms with van der Waals surface area (Å²) in [6.45, 7) is 22.8. The van der Waals surface area contributed by atoms with Crippen molar-refractivity contribution in [2.45, 2.75) is 90.6 Å². The van der Waals surface area contributed by atoms with E-state index in [9.17, 15) is 9.59 Å². The molecule has 3 aliphatic rings. The predicted octanol–water partition coefficient (Wildman–Crippen LogP) is 3.63. The smallest absolute Gasteiger partial charge is 0.368 e. The van der Waals surface area contributed by atoms with E-state index in [1.807, 2.05) is 41.5 Å². The van der Waals surface area contributed by atoms with Gasteiger partial charge in [-0.3, -0.25) is 0 Å². The first-order chi connectivity index (χ1) is 13.0. The van der Waals surface area contributed by atoms with Gasteiger partial charge in [-0.15, -0.1) is 0 Å². The van der Waals surface area contributed by atoms with Crippen molar-refractivity contribution in [1.82, 2.24) is 0 Å². The topological polar surface area (TPSA) is 86.6 Å². The molecular formula is C20H45O7PPtSi2. The quantitative estimate of drug-likeness (QED) is 0.262. The third kappa shape index (κ3) is 5.28. The Labute approximate surface area is 207 Å². The molecule has 0 radical (unpaired) electrons. The Morgan fingerprint density at radius 2 is 1.00 bits per heavy atom. The second-order valence-electron chi connectivity index (χ2n) is 10.0. The van der Waals surface area contributed by atoms with Crippen molar-refractivity contribution < 1.29 is 52.5 Å². The van der Waals surface area contributed by atoms with Crippen LogP contribution in [0.2, 0.25) is 0 Å². The van der Waals surface area contributed by atoms with Gasteiger partial charge < -0.3 is 38.8 Å². The molecule has 4 bridgehead atoms. The van der Waals surface area contributed by atoms with E-state index in [1.165, 1.54) is 0 Å². The van der Waals surface area contributed by atoms with Crippen LogP contribution in [-0.2, 0) is 42.9 Å². The molecule has 0 spiro atoms. The van der Waals surface area contributed by atoms with Gasteiger partial charge in [0.05, 0.1) is 22.4 Å². The van der Waals surface area contributed by atoms with Crippen LogP contribution in [-0.4, -0.2) is 70.1 Å². The van der Waals surface area contributed by atoms with Gasteiger partial charge in [0.25, 0.3) is 0 Å². The monoisotopic (exact) mass is 679 g/mol. The van der Waals surface area contributed by atoms with E-state index in [-0.39, 0.29) is 48.2 Å². The van der Waals surface area contributed by atoms with Crippen molar-refractivity contribution in [2.75, 3.05) is 20.0 Å². The van der Waals surface area contributed by atoms with Gasteiger partial charge in [-0.05, 0) is 60.3 Å². The van der Waals surface area contributed by atoms with Crippen LogP contribution < -0.4 is 0 Å². The van der Waals surface area contributed by atoms with Crippen LogP contribution in [0.3, 0.4) is 0 Å². The van der Waals surface area contributed by atoms with Gasteiger partial charge >= 0.3 is 18.1 Å². The fourth-order valence-corrected chi connectivity index (χ4v) is 10.5. The Morgan fingerprint density at radius 1 is 0.742 bits per heavy atom. The minimum Gasteiger partial charge on any atom is -0.368 e. The van der Waals surface area contributed by atoms with Crippen molar-refractivity contribution in [3.05, 3.63) is 7.43 Å². The zero-order valence-corrected chi connectivity index (χ0v) is 26.6. The van der Waals surface area contributed by atoms with Crippen LogP contribution in [0.15, 0.2) is 0 Å². The summed E-state index contributed by atoms with van der Waals surface area (Å²) in [6.07, 6.45) is 1.28. The molecule has 8 atom stereocenters. The molecule has 31 heavy (non-hydrogen) atoms. The number of rotatable bonds is 2. The zero-order valence-electron chi connectivity index (χ0n) is 21.3. The van der Waals surface area contributed by atoms with Crippen molar-refractivity contribution >= 4 is 26.0 Å². The van der Waals surface area contributed by atoms with Crippen molar-refractivity contribution in [3.63, 3.8) is 0 Å². The summed E-state index contributed by atoms with van der Waals surface area (Å²) in [6, 6.07) is 0.